The maximum Gasteiger partial charge on any atom is 0.481 e. The van der Waals surface area contributed by atoms with E-state index in [0.29, 0.717) is 24.7 Å². The summed E-state index contributed by atoms with van der Waals surface area (Å²) in [6.45, 7) is 11.0. The van der Waals surface area contributed by atoms with E-state index in [2.05, 4.69) is 60.2 Å². The summed E-state index contributed by atoms with van der Waals surface area (Å²) >= 11 is 0. The number of H-pyrrole nitrogens is 1. The molecule has 3 aliphatic carbocycles. The number of nitrogens with two attached hydrogens (primary N) is 1. The average molecular weight is 560 g/mol. The van der Waals surface area contributed by atoms with Crippen molar-refractivity contribution in [3.63, 3.8) is 0 Å². The van der Waals surface area contributed by atoms with Crippen molar-refractivity contribution in [2.24, 2.45) is 33.9 Å². The van der Waals surface area contributed by atoms with E-state index >= 15 is 0 Å². The molecule has 5 rings (SSSR count). The van der Waals surface area contributed by atoms with Crippen LogP contribution in [0.5, 0.6) is 0 Å². The van der Waals surface area contributed by atoms with E-state index < -0.39 is 35.6 Å². The molecule has 6 atom stereocenters. The predicted octanol–water partition coefficient (Wildman–Crippen LogP) is 1.18. The quantitative estimate of drug-likeness (QED) is 0.0622. The van der Waals surface area contributed by atoms with Crippen LogP contribution in [0.1, 0.15) is 77.2 Å². The van der Waals surface area contributed by atoms with Crippen molar-refractivity contribution in [3.8, 4) is 0 Å². The summed E-state index contributed by atoms with van der Waals surface area (Å²) < 4.78 is 13.1. The van der Waals surface area contributed by atoms with Crippen molar-refractivity contribution in [2.45, 2.75) is 90.4 Å². The monoisotopic (exact) mass is 560 g/mol. The average Bonchev–Trinajstić information content (AvgIpc) is 3.52. The van der Waals surface area contributed by atoms with E-state index in [1.807, 2.05) is 0 Å². The van der Waals surface area contributed by atoms with Gasteiger partial charge in [-0.15, -0.1) is 0 Å². The lowest BCUT2D eigenvalue weighted by molar-refractivity contribution is -0.525. The summed E-state index contributed by atoms with van der Waals surface area (Å²) in [4.78, 5) is 47.4. The topological polar surface area (TPSA) is 199 Å². The van der Waals surface area contributed by atoms with E-state index in [-0.39, 0.29) is 48.0 Å². The molecule has 14 nitrogen and oxygen atoms in total. The zero-order valence-electron chi connectivity index (χ0n) is 23.8. The number of amides is 2. The first-order valence-electron chi connectivity index (χ1n) is 13.9. The molecule has 40 heavy (non-hydrogen) atoms. The highest BCUT2D eigenvalue weighted by Crippen LogP contribution is 2.65. The molecule has 0 radical (unpaired) electrons. The molecule has 2 bridgehead atoms. The van der Waals surface area contributed by atoms with Gasteiger partial charge in [-0.25, -0.2) is 20.1 Å². The van der Waals surface area contributed by atoms with E-state index in [9.17, 15) is 19.7 Å². The lowest BCUT2D eigenvalue weighted by Gasteiger charge is -2.64. The molecule has 2 amide bonds. The van der Waals surface area contributed by atoms with Crippen LogP contribution in [0.3, 0.4) is 0 Å². The zero-order chi connectivity index (χ0) is 29.2. The van der Waals surface area contributed by atoms with Crippen molar-refractivity contribution in [1.29, 1.82) is 0 Å². The van der Waals surface area contributed by atoms with Gasteiger partial charge in [0, 0.05) is 6.54 Å². The molecule has 1 aromatic heterocycles. The van der Waals surface area contributed by atoms with Gasteiger partial charge in [-0.05, 0) is 62.2 Å². The van der Waals surface area contributed by atoms with Crippen molar-refractivity contribution >= 4 is 24.9 Å². The third-order valence-electron chi connectivity index (χ3n) is 8.85. The van der Waals surface area contributed by atoms with Crippen LogP contribution in [0, 0.1) is 33.3 Å². The van der Waals surface area contributed by atoms with Gasteiger partial charge in [-0.2, -0.15) is 0 Å². The Hall–Kier alpha value is -3.20. The van der Waals surface area contributed by atoms with Crippen LogP contribution >= 0.6 is 0 Å². The smallest absolute Gasteiger partial charge is 0.404 e. The van der Waals surface area contributed by atoms with E-state index in [1.165, 1.54) is 12.5 Å². The molecular formula is C25H41BN8O6. The second kappa shape index (κ2) is 11.7. The highest BCUT2D eigenvalue weighted by molar-refractivity contribution is 6.48. The van der Waals surface area contributed by atoms with Crippen LogP contribution in [-0.2, 0) is 14.1 Å². The highest BCUT2D eigenvalue weighted by Gasteiger charge is 2.68. The summed E-state index contributed by atoms with van der Waals surface area (Å²) in [7, 11) is -0.599. The van der Waals surface area contributed by atoms with Gasteiger partial charge in [-0.1, -0.05) is 33.1 Å². The largest absolute Gasteiger partial charge is 0.481 e. The molecular weight excluding hydrogens is 519 g/mol. The Labute approximate surface area is 234 Å². The number of carbonyl (C=O) groups is 2. The third kappa shape index (κ3) is 6.25. The summed E-state index contributed by atoms with van der Waals surface area (Å²) in [5, 5.41) is 15.6. The molecule has 220 valence electrons. The van der Waals surface area contributed by atoms with Crippen molar-refractivity contribution < 1.29 is 23.9 Å². The van der Waals surface area contributed by atoms with Crippen LogP contribution < -0.4 is 21.8 Å². The fraction of sp³-hybridized carbons (Fsp3) is 0.760. The molecule has 0 aromatic carbocycles. The minimum atomic E-state index is -0.906. The minimum absolute atomic E-state index is 0.0205. The number of hydrazine groups is 1. The van der Waals surface area contributed by atoms with E-state index in [1.54, 1.807) is 5.43 Å². The Balaban J connectivity index is 1.45. The standard InChI is InChI=1S/C25H41BN8O6/c1-14(2)9-20(26-39-19-11-15-10-18(24(15,3)4)25(19,5)40-26)32-21(35)16(31-22(36)17-12-28-13-30-17)7-6-8-29-23(27)33-34(37)38/h12-16,18-20H,6-11H2,1-5H3,(H,28,30)(H,31,36)(H,32,35)(H3,27,29,33)/t15-,16+,18-,19-,20+,25+/m1/s1. The van der Waals surface area contributed by atoms with Gasteiger partial charge >= 0.3 is 7.12 Å². The van der Waals surface area contributed by atoms with Gasteiger partial charge in [0.1, 0.15) is 11.7 Å². The molecule has 1 aromatic rings. The maximum atomic E-state index is 13.6. The number of aromatic nitrogens is 2. The van der Waals surface area contributed by atoms with Crippen molar-refractivity contribution in [2.75, 3.05) is 6.54 Å². The summed E-state index contributed by atoms with van der Waals surface area (Å²) in [5.74, 6) is -0.363. The lowest BCUT2D eigenvalue weighted by atomic mass is 9.43. The predicted molar refractivity (Wildman–Crippen MR) is 147 cm³/mol. The Morgan fingerprint density at radius 1 is 1.32 bits per heavy atom. The molecule has 2 heterocycles. The number of nitrogens with zero attached hydrogens (tertiary/aromatic N) is 3. The Kier molecular flexibility index (Phi) is 8.73. The summed E-state index contributed by atoms with van der Waals surface area (Å²) in [5.41, 5.74) is 7.26. The van der Waals surface area contributed by atoms with Gasteiger partial charge in [-0.3, -0.25) is 9.59 Å². The second-order valence-electron chi connectivity index (χ2n) is 12.4. The fourth-order valence-corrected chi connectivity index (χ4v) is 6.61. The van der Waals surface area contributed by atoms with Crippen LogP contribution in [-0.4, -0.2) is 70.1 Å². The second-order valence-corrected chi connectivity index (χ2v) is 12.4. The number of hydrogen-bond donors (Lipinski definition) is 5. The molecule has 4 aliphatic rings. The van der Waals surface area contributed by atoms with Gasteiger partial charge < -0.3 is 30.7 Å². The van der Waals surface area contributed by atoms with Crippen LogP contribution in [0.25, 0.3) is 0 Å². The normalized spacial score (nSPS) is 28.3. The number of nitrogens with one attached hydrogen (secondary N) is 4. The maximum absolute atomic E-state index is 13.6. The number of rotatable bonds is 12. The van der Waals surface area contributed by atoms with Crippen LogP contribution in [0.2, 0.25) is 0 Å². The molecule has 1 aliphatic heterocycles. The molecule has 0 unspecified atom stereocenters. The van der Waals surface area contributed by atoms with Crippen LogP contribution in [0.15, 0.2) is 17.5 Å². The molecule has 6 N–H and O–H groups in total. The van der Waals surface area contributed by atoms with E-state index in [0.717, 1.165) is 12.8 Å². The summed E-state index contributed by atoms with van der Waals surface area (Å²) in [6, 6.07) is -0.906. The number of carbonyl (C=O) groups excluding carboxylic acids is 2. The van der Waals surface area contributed by atoms with Crippen molar-refractivity contribution in [3.05, 3.63) is 28.3 Å². The first-order valence-corrected chi connectivity index (χ1v) is 13.9. The molecule has 15 heteroatoms. The Morgan fingerprint density at radius 2 is 2.08 bits per heavy atom. The number of imidazole rings is 1. The Morgan fingerprint density at radius 3 is 2.70 bits per heavy atom. The number of nitro groups is 1. The van der Waals surface area contributed by atoms with Gasteiger partial charge in [0.25, 0.3) is 11.9 Å². The SMILES string of the molecule is CC(C)C[C@H](NC(=O)[C@H](CCCN=C(N)N[N+](=O)[O-])NC(=O)c1cnc[nH]1)B1O[C@@H]2C[C@H]3C[C@H](C3(C)C)[C@]2(C)O1. The molecule has 3 saturated carbocycles. The van der Waals surface area contributed by atoms with Gasteiger partial charge in [0.15, 0.2) is 5.03 Å². The van der Waals surface area contributed by atoms with Crippen LogP contribution in [0.4, 0.5) is 0 Å². The highest BCUT2D eigenvalue weighted by atomic mass is 16.7. The van der Waals surface area contributed by atoms with Crippen molar-refractivity contribution in [1.82, 2.24) is 26.0 Å². The summed E-state index contributed by atoms with van der Waals surface area (Å²) in [6.07, 6.45) is 5.99. The zero-order valence-corrected chi connectivity index (χ0v) is 23.8. The Bertz CT molecular complexity index is 1110. The first-order chi connectivity index (χ1) is 18.8. The fourth-order valence-electron chi connectivity index (χ4n) is 6.61. The van der Waals surface area contributed by atoms with Gasteiger partial charge in [0.05, 0.1) is 30.2 Å². The molecule has 0 spiro atoms. The first kappa shape index (κ1) is 29.8. The number of guanidine groups is 1. The minimum Gasteiger partial charge on any atom is -0.404 e. The molecule has 1 saturated heterocycles. The number of aromatic amines is 1. The molecule has 4 fully saturated rings. The lowest BCUT2D eigenvalue weighted by Crippen LogP contribution is -2.65. The van der Waals surface area contributed by atoms with Gasteiger partial charge in [0.2, 0.25) is 5.91 Å². The van der Waals surface area contributed by atoms with E-state index in [4.69, 9.17) is 15.0 Å². The third-order valence-corrected chi connectivity index (χ3v) is 8.85. The number of aliphatic imine (C=N–C) groups is 1. The number of hydrogen-bond acceptors (Lipinski definition) is 8.